The van der Waals surface area contributed by atoms with Gasteiger partial charge in [0.05, 0.1) is 18.2 Å². The van der Waals surface area contributed by atoms with Gasteiger partial charge in [0, 0.05) is 31.1 Å². The number of hydrogen-bond acceptors (Lipinski definition) is 5. The molecule has 1 amide bonds. The van der Waals surface area contributed by atoms with Gasteiger partial charge < -0.3 is 25.0 Å². The number of allylic oxidation sites excluding steroid dienone is 1. The van der Waals surface area contributed by atoms with E-state index < -0.39 is 12.0 Å². The number of fused-ring (bicyclic) bond motifs is 1. The van der Waals surface area contributed by atoms with Crippen LogP contribution >= 0.6 is 12.2 Å². The van der Waals surface area contributed by atoms with E-state index in [1.807, 2.05) is 73.7 Å². The molecule has 1 aliphatic heterocycles. The summed E-state index contributed by atoms with van der Waals surface area (Å²) in [7, 11) is 3.35. The fourth-order valence-corrected chi connectivity index (χ4v) is 4.28. The first-order valence-electron chi connectivity index (χ1n) is 11.2. The van der Waals surface area contributed by atoms with Crippen LogP contribution in [0, 0.1) is 0 Å². The molecule has 0 bridgehead atoms. The molecule has 1 atom stereocenters. The third-order valence-electron chi connectivity index (χ3n) is 6.03. The van der Waals surface area contributed by atoms with Crippen molar-refractivity contribution in [2.75, 3.05) is 32.7 Å². The molecule has 35 heavy (non-hydrogen) atoms. The first-order chi connectivity index (χ1) is 16.9. The zero-order valence-electron chi connectivity index (χ0n) is 19.8. The van der Waals surface area contributed by atoms with Crippen LogP contribution in [0.15, 0.2) is 78.0 Å². The van der Waals surface area contributed by atoms with Gasteiger partial charge in [0.15, 0.2) is 5.11 Å². The predicted octanol–water partition coefficient (Wildman–Crippen LogP) is 4.42. The van der Waals surface area contributed by atoms with Gasteiger partial charge in [-0.2, -0.15) is 0 Å². The van der Waals surface area contributed by atoms with Crippen LogP contribution in [0.2, 0.25) is 0 Å². The minimum absolute atomic E-state index is 0.159. The average molecular weight is 490 g/mol. The molecule has 0 fully saturated rings. The van der Waals surface area contributed by atoms with Crippen molar-refractivity contribution in [2.24, 2.45) is 0 Å². The lowest BCUT2D eigenvalue weighted by molar-refractivity contribution is -0.140. The van der Waals surface area contributed by atoms with Gasteiger partial charge >= 0.3 is 5.97 Å². The van der Waals surface area contributed by atoms with E-state index >= 15 is 0 Å². The highest BCUT2D eigenvalue weighted by atomic mass is 32.1. The number of hydrogen-bond donors (Lipinski definition) is 2. The van der Waals surface area contributed by atoms with Crippen molar-refractivity contribution < 1.29 is 19.1 Å². The van der Waals surface area contributed by atoms with Crippen LogP contribution in [0.4, 0.5) is 5.69 Å². The molecule has 0 unspecified atom stereocenters. The molecule has 8 heteroatoms. The lowest BCUT2D eigenvalue weighted by Gasteiger charge is -2.35. The molecular weight excluding hydrogens is 462 g/mol. The molecular formula is C27H27N3O4S. The Hall–Kier alpha value is -3.75. The molecule has 0 aliphatic carbocycles. The Morgan fingerprint density at radius 3 is 2.49 bits per heavy atom. The quantitative estimate of drug-likeness (QED) is 0.289. The van der Waals surface area contributed by atoms with Crippen LogP contribution in [-0.2, 0) is 14.3 Å². The highest BCUT2D eigenvalue weighted by molar-refractivity contribution is 7.80. The van der Waals surface area contributed by atoms with Crippen LogP contribution in [0.5, 0.6) is 0 Å². The number of nitrogens with one attached hydrogen (secondary N) is 2. The number of benzene rings is 3. The molecule has 3 aromatic carbocycles. The largest absolute Gasteiger partial charge is 0.460 e. The molecule has 0 radical (unpaired) electrons. The molecule has 3 aromatic rings. The molecule has 180 valence electrons. The first kappa shape index (κ1) is 24.4. The minimum Gasteiger partial charge on any atom is -0.460 e. The third kappa shape index (κ3) is 5.18. The highest BCUT2D eigenvalue weighted by Crippen LogP contribution is 2.31. The normalized spacial score (nSPS) is 15.7. The smallest absolute Gasteiger partial charge is 0.338 e. The van der Waals surface area contributed by atoms with Crippen molar-refractivity contribution in [3.05, 3.63) is 89.1 Å². The topological polar surface area (TPSA) is 79.9 Å². The Morgan fingerprint density at radius 1 is 1.03 bits per heavy atom. The maximum atomic E-state index is 13.0. The Balaban J connectivity index is 1.56. The second-order valence-electron chi connectivity index (χ2n) is 8.17. The fourth-order valence-electron chi connectivity index (χ4n) is 4.03. The van der Waals surface area contributed by atoms with Gasteiger partial charge in [0.25, 0.3) is 5.91 Å². The summed E-state index contributed by atoms with van der Waals surface area (Å²) in [5, 5.41) is 8.59. The maximum absolute atomic E-state index is 13.0. The number of rotatable bonds is 7. The number of ether oxygens (including phenoxy) is 2. The fraction of sp³-hybridized carbons (Fsp3) is 0.222. The van der Waals surface area contributed by atoms with E-state index in [0.717, 1.165) is 22.0 Å². The van der Waals surface area contributed by atoms with E-state index in [1.54, 1.807) is 19.1 Å². The van der Waals surface area contributed by atoms with Crippen LogP contribution in [0.3, 0.4) is 0 Å². The summed E-state index contributed by atoms with van der Waals surface area (Å²) < 4.78 is 10.4. The average Bonchev–Trinajstić information content (AvgIpc) is 2.87. The van der Waals surface area contributed by atoms with Gasteiger partial charge in [-0.1, -0.05) is 48.5 Å². The lowest BCUT2D eigenvalue weighted by atomic mass is 9.95. The van der Waals surface area contributed by atoms with E-state index in [2.05, 4.69) is 10.6 Å². The number of thiocarbonyl (C=S) groups is 1. The maximum Gasteiger partial charge on any atom is 0.338 e. The Labute approximate surface area is 209 Å². The summed E-state index contributed by atoms with van der Waals surface area (Å²) in [6, 6.07) is 20.3. The number of carbonyl (C=O) groups is 2. The molecule has 2 N–H and O–H groups in total. The Kier molecular flexibility index (Phi) is 7.43. The van der Waals surface area contributed by atoms with Crippen molar-refractivity contribution in [1.82, 2.24) is 10.2 Å². The molecule has 0 saturated heterocycles. The van der Waals surface area contributed by atoms with Gasteiger partial charge in [-0.15, -0.1) is 0 Å². The van der Waals surface area contributed by atoms with Crippen molar-refractivity contribution in [3.8, 4) is 0 Å². The highest BCUT2D eigenvalue weighted by Gasteiger charge is 2.33. The monoisotopic (exact) mass is 489 g/mol. The zero-order valence-corrected chi connectivity index (χ0v) is 20.6. The standard InChI is InChI=1S/C27H27N3O4S/c1-17-23(26(32)34-16-15-33-3)24(29-27(35)30(17)2)19-11-13-20(14-12-19)28-25(31)22-10-6-8-18-7-4-5-9-21(18)22/h4-14,24H,15-16H2,1-3H3,(H,28,31)(H,29,35)/t24-/m0/s1. The summed E-state index contributed by atoms with van der Waals surface area (Å²) in [4.78, 5) is 27.6. The molecule has 4 rings (SSSR count). The van der Waals surface area contributed by atoms with E-state index in [4.69, 9.17) is 21.7 Å². The number of esters is 1. The Morgan fingerprint density at radius 2 is 1.74 bits per heavy atom. The number of methoxy groups -OCH3 is 1. The van der Waals surface area contributed by atoms with Gasteiger partial charge in [-0.25, -0.2) is 4.79 Å². The number of anilines is 1. The summed E-state index contributed by atoms with van der Waals surface area (Å²) in [5.74, 6) is -0.619. The van der Waals surface area contributed by atoms with Crippen molar-refractivity contribution >= 4 is 45.7 Å². The summed E-state index contributed by atoms with van der Waals surface area (Å²) >= 11 is 5.46. The summed E-state index contributed by atoms with van der Waals surface area (Å²) in [5.41, 5.74) is 3.27. The number of amides is 1. The van der Waals surface area contributed by atoms with Crippen LogP contribution < -0.4 is 10.6 Å². The van der Waals surface area contributed by atoms with Gasteiger partial charge in [-0.05, 0) is 53.7 Å². The van der Waals surface area contributed by atoms with Crippen LogP contribution in [-0.4, -0.2) is 49.3 Å². The molecule has 0 saturated carbocycles. The second kappa shape index (κ2) is 10.7. The van der Waals surface area contributed by atoms with Gasteiger partial charge in [0.1, 0.15) is 6.61 Å². The second-order valence-corrected chi connectivity index (χ2v) is 8.56. The van der Waals surface area contributed by atoms with Crippen LogP contribution in [0.1, 0.15) is 28.9 Å². The molecule has 0 aromatic heterocycles. The lowest BCUT2D eigenvalue weighted by Crippen LogP contribution is -2.46. The van der Waals surface area contributed by atoms with E-state index in [0.29, 0.717) is 28.5 Å². The van der Waals surface area contributed by atoms with Gasteiger partial charge in [-0.3, -0.25) is 4.79 Å². The van der Waals surface area contributed by atoms with Crippen molar-refractivity contribution in [3.63, 3.8) is 0 Å². The van der Waals surface area contributed by atoms with Crippen molar-refractivity contribution in [2.45, 2.75) is 13.0 Å². The molecule has 1 heterocycles. The first-order valence-corrected chi connectivity index (χ1v) is 11.6. The molecule has 7 nitrogen and oxygen atoms in total. The van der Waals surface area contributed by atoms with Gasteiger partial charge in [0.2, 0.25) is 0 Å². The summed E-state index contributed by atoms with van der Waals surface area (Å²) in [6.07, 6.45) is 0. The van der Waals surface area contributed by atoms with E-state index in [-0.39, 0.29) is 12.5 Å². The minimum atomic E-state index is -0.475. The molecule has 0 spiro atoms. The number of carbonyl (C=O) groups excluding carboxylic acids is 2. The molecule has 1 aliphatic rings. The summed E-state index contributed by atoms with van der Waals surface area (Å²) in [6.45, 7) is 2.31. The Bertz CT molecular complexity index is 1300. The predicted molar refractivity (Wildman–Crippen MR) is 140 cm³/mol. The zero-order chi connectivity index (χ0) is 24.9. The van der Waals surface area contributed by atoms with E-state index in [1.165, 1.54) is 0 Å². The third-order valence-corrected chi connectivity index (χ3v) is 6.42. The number of nitrogens with zero attached hydrogens (tertiary/aromatic N) is 1. The van der Waals surface area contributed by atoms with Crippen LogP contribution in [0.25, 0.3) is 10.8 Å². The van der Waals surface area contributed by atoms with Crippen molar-refractivity contribution in [1.29, 1.82) is 0 Å². The van der Waals surface area contributed by atoms with E-state index in [9.17, 15) is 9.59 Å². The SMILES string of the molecule is COCCOC(=O)C1=C(C)N(C)C(=S)N[C@H]1c1ccc(NC(=O)c2cccc3ccccc23)cc1.